The van der Waals surface area contributed by atoms with Crippen molar-refractivity contribution in [3.63, 3.8) is 0 Å². The Kier molecular flexibility index (Phi) is 10.3. The van der Waals surface area contributed by atoms with Gasteiger partial charge in [-0.1, -0.05) is 36.4 Å². The van der Waals surface area contributed by atoms with Gasteiger partial charge in [-0.25, -0.2) is 0 Å². The van der Waals surface area contributed by atoms with Crippen molar-refractivity contribution in [1.29, 1.82) is 0 Å². The number of hydrogen-bond donors (Lipinski definition) is 2. The molecule has 2 aromatic carbocycles. The van der Waals surface area contributed by atoms with Crippen LogP contribution in [-0.4, -0.2) is 36.6 Å². The minimum atomic E-state index is 0. The van der Waals surface area contributed by atoms with Crippen molar-refractivity contribution in [2.24, 2.45) is 0 Å². The fourth-order valence-corrected chi connectivity index (χ4v) is 3.21. The lowest BCUT2D eigenvalue weighted by Crippen LogP contribution is -2.40. The summed E-state index contributed by atoms with van der Waals surface area (Å²) in [6.45, 7) is 6.29. The van der Waals surface area contributed by atoms with Gasteiger partial charge in [-0.05, 0) is 35.7 Å². The maximum Gasteiger partial charge on any atom is 0.224 e. The van der Waals surface area contributed by atoms with E-state index >= 15 is 0 Å². The Labute approximate surface area is 179 Å². The van der Waals surface area contributed by atoms with Crippen molar-refractivity contribution in [3.8, 4) is 0 Å². The lowest BCUT2D eigenvalue weighted by molar-refractivity contribution is -0.120. The summed E-state index contributed by atoms with van der Waals surface area (Å²) >= 11 is 0. The zero-order valence-electron chi connectivity index (χ0n) is 16.1. The molecule has 3 rings (SSSR count). The molecule has 1 heterocycles. The largest absolute Gasteiger partial charge is 0.399 e. The van der Waals surface area contributed by atoms with Gasteiger partial charge in [-0.2, -0.15) is 0 Å². The van der Waals surface area contributed by atoms with Crippen LogP contribution in [0.3, 0.4) is 0 Å². The molecule has 2 aromatic rings. The van der Waals surface area contributed by atoms with E-state index in [1.165, 1.54) is 5.56 Å². The summed E-state index contributed by atoms with van der Waals surface area (Å²) < 4.78 is 5.59. The minimum Gasteiger partial charge on any atom is -0.399 e. The Morgan fingerprint density at radius 2 is 1.86 bits per heavy atom. The second kappa shape index (κ2) is 11.9. The molecule has 0 saturated carbocycles. The number of anilines is 1. The van der Waals surface area contributed by atoms with E-state index in [1.54, 1.807) is 0 Å². The van der Waals surface area contributed by atoms with Crippen LogP contribution >= 0.6 is 24.8 Å². The van der Waals surface area contributed by atoms with Crippen molar-refractivity contribution in [1.82, 2.24) is 10.2 Å². The summed E-state index contributed by atoms with van der Waals surface area (Å²) in [5, 5.41) is 3.00. The molecule has 1 atom stereocenters. The molecule has 1 amide bonds. The van der Waals surface area contributed by atoms with Gasteiger partial charge in [-0.15, -0.1) is 24.8 Å². The van der Waals surface area contributed by atoms with Crippen LogP contribution in [0.25, 0.3) is 0 Å². The van der Waals surface area contributed by atoms with Gasteiger partial charge in [0.2, 0.25) is 5.91 Å². The SMILES string of the molecule is CC1CN(Cc2cccc(CNC(=O)Cc3ccc(N)cc3)c2)CCO1.Cl.Cl. The third-order valence-corrected chi connectivity index (χ3v) is 4.56. The van der Waals surface area contributed by atoms with E-state index in [9.17, 15) is 4.79 Å². The predicted molar refractivity (Wildman–Crippen MR) is 118 cm³/mol. The van der Waals surface area contributed by atoms with Crippen molar-refractivity contribution in [2.75, 3.05) is 25.4 Å². The molecular weight excluding hydrogens is 397 g/mol. The highest BCUT2D eigenvalue weighted by Crippen LogP contribution is 2.12. The smallest absolute Gasteiger partial charge is 0.224 e. The predicted octanol–water partition coefficient (Wildman–Crippen LogP) is 3.19. The van der Waals surface area contributed by atoms with Gasteiger partial charge in [0.1, 0.15) is 0 Å². The van der Waals surface area contributed by atoms with Crippen molar-refractivity contribution < 1.29 is 9.53 Å². The summed E-state index contributed by atoms with van der Waals surface area (Å²) in [6, 6.07) is 15.8. The molecule has 0 aliphatic carbocycles. The van der Waals surface area contributed by atoms with E-state index in [2.05, 4.69) is 41.4 Å². The molecule has 28 heavy (non-hydrogen) atoms. The number of nitrogens with zero attached hydrogens (tertiary/aromatic N) is 1. The highest BCUT2D eigenvalue weighted by atomic mass is 35.5. The molecule has 154 valence electrons. The van der Waals surface area contributed by atoms with Gasteiger partial charge in [0.15, 0.2) is 0 Å². The molecule has 7 heteroatoms. The van der Waals surface area contributed by atoms with Gasteiger partial charge in [0.25, 0.3) is 0 Å². The fourth-order valence-electron chi connectivity index (χ4n) is 3.21. The van der Waals surface area contributed by atoms with E-state index in [1.807, 2.05) is 24.3 Å². The Morgan fingerprint density at radius 1 is 1.14 bits per heavy atom. The zero-order valence-corrected chi connectivity index (χ0v) is 17.7. The Bertz CT molecular complexity index is 741. The molecule has 1 aliphatic heterocycles. The lowest BCUT2D eigenvalue weighted by Gasteiger charge is -2.31. The molecule has 1 saturated heterocycles. The molecule has 1 unspecified atom stereocenters. The van der Waals surface area contributed by atoms with E-state index in [-0.39, 0.29) is 30.7 Å². The van der Waals surface area contributed by atoms with Crippen molar-refractivity contribution in [2.45, 2.75) is 32.5 Å². The van der Waals surface area contributed by atoms with Crippen LogP contribution in [0.2, 0.25) is 0 Å². The van der Waals surface area contributed by atoms with Gasteiger partial charge in [-0.3, -0.25) is 9.69 Å². The molecule has 3 N–H and O–H groups in total. The summed E-state index contributed by atoms with van der Waals surface area (Å²) in [5.74, 6) is 0.0159. The number of rotatable bonds is 6. The summed E-state index contributed by atoms with van der Waals surface area (Å²) in [7, 11) is 0. The Hall–Kier alpha value is -1.79. The summed E-state index contributed by atoms with van der Waals surface area (Å²) in [4.78, 5) is 14.6. The number of carbonyl (C=O) groups excluding carboxylic acids is 1. The number of amides is 1. The number of nitrogens with two attached hydrogens (primary N) is 1. The van der Waals surface area contributed by atoms with Gasteiger partial charge in [0.05, 0.1) is 19.1 Å². The maximum atomic E-state index is 12.1. The number of hydrogen-bond acceptors (Lipinski definition) is 4. The topological polar surface area (TPSA) is 67.6 Å². The Balaban J connectivity index is 0.00000196. The van der Waals surface area contributed by atoms with Crippen molar-refractivity contribution in [3.05, 3.63) is 65.2 Å². The van der Waals surface area contributed by atoms with E-state index in [4.69, 9.17) is 10.5 Å². The maximum absolute atomic E-state index is 12.1. The summed E-state index contributed by atoms with van der Waals surface area (Å²) in [5.41, 5.74) is 9.73. The number of carbonyl (C=O) groups is 1. The van der Waals surface area contributed by atoms with E-state index in [0.717, 1.165) is 37.4 Å². The van der Waals surface area contributed by atoms with E-state index < -0.39 is 0 Å². The fraction of sp³-hybridized carbons (Fsp3) is 0.381. The highest BCUT2D eigenvalue weighted by molar-refractivity contribution is 5.85. The monoisotopic (exact) mass is 425 g/mol. The number of morpholine rings is 1. The van der Waals surface area contributed by atoms with Crippen LogP contribution in [0, 0.1) is 0 Å². The summed E-state index contributed by atoms with van der Waals surface area (Å²) in [6.07, 6.45) is 0.658. The molecule has 0 spiro atoms. The second-order valence-corrected chi connectivity index (χ2v) is 6.93. The number of benzene rings is 2. The van der Waals surface area contributed by atoms with Crippen LogP contribution in [0.1, 0.15) is 23.6 Å². The van der Waals surface area contributed by atoms with Crippen molar-refractivity contribution >= 4 is 36.4 Å². The number of nitrogen functional groups attached to an aromatic ring is 1. The standard InChI is InChI=1S/C21H27N3O2.2ClH/c1-16-14-24(9-10-26-16)15-19-4-2-3-18(11-19)13-23-21(25)12-17-5-7-20(22)8-6-17;;/h2-8,11,16H,9-10,12-15,22H2,1H3,(H,23,25);2*1H. The Morgan fingerprint density at radius 3 is 2.57 bits per heavy atom. The van der Waals surface area contributed by atoms with Gasteiger partial charge >= 0.3 is 0 Å². The quantitative estimate of drug-likeness (QED) is 0.697. The molecule has 0 aromatic heterocycles. The molecule has 5 nitrogen and oxygen atoms in total. The first-order valence-electron chi connectivity index (χ1n) is 9.11. The average molecular weight is 426 g/mol. The molecule has 1 aliphatic rings. The van der Waals surface area contributed by atoms with E-state index in [0.29, 0.717) is 24.8 Å². The van der Waals surface area contributed by atoms with Crippen LogP contribution in [-0.2, 0) is 29.0 Å². The van der Waals surface area contributed by atoms with Crippen LogP contribution < -0.4 is 11.1 Å². The minimum absolute atomic E-state index is 0. The number of ether oxygens (including phenoxy) is 1. The van der Waals surface area contributed by atoms with Gasteiger partial charge in [0, 0.05) is 31.9 Å². The molecule has 0 radical (unpaired) electrons. The highest BCUT2D eigenvalue weighted by Gasteiger charge is 2.16. The molecule has 1 fully saturated rings. The van der Waals surface area contributed by atoms with Gasteiger partial charge < -0.3 is 15.8 Å². The molecule has 0 bridgehead atoms. The first-order chi connectivity index (χ1) is 12.6. The zero-order chi connectivity index (χ0) is 18.4. The second-order valence-electron chi connectivity index (χ2n) is 6.93. The third kappa shape index (κ3) is 7.68. The average Bonchev–Trinajstić information content (AvgIpc) is 2.62. The number of halogens is 2. The molecular formula is C21H29Cl2N3O2. The first kappa shape index (κ1) is 24.2. The van der Waals surface area contributed by atoms with Crippen LogP contribution in [0.15, 0.2) is 48.5 Å². The number of nitrogens with one attached hydrogen (secondary N) is 1. The normalized spacial score (nSPS) is 16.5. The first-order valence-corrected chi connectivity index (χ1v) is 9.11. The third-order valence-electron chi connectivity index (χ3n) is 4.56. The van der Waals surface area contributed by atoms with Crippen LogP contribution in [0.4, 0.5) is 5.69 Å². The lowest BCUT2D eigenvalue weighted by atomic mass is 10.1. The van der Waals surface area contributed by atoms with Crippen LogP contribution in [0.5, 0.6) is 0 Å².